The zero-order chi connectivity index (χ0) is 14.1. The standard InChI is InChI=1S/C13H15N5O2/c1-9-2-4-11(5-3-9)18-13(14-15-16-18)17-7-6-10(8-17)12(19)20/h2-5,10H,6-8H2,1H3,(H,19,20). The lowest BCUT2D eigenvalue weighted by Gasteiger charge is -2.16. The molecule has 20 heavy (non-hydrogen) atoms. The first-order chi connectivity index (χ1) is 9.65. The normalized spacial score (nSPS) is 18.4. The minimum atomic E-state index is -0.762. The van der Waals surface area contributed by atoms with E-state index in [1.54, 1.807) is 4.68 Å². The molecule has 1 atom stereocenters. The molecule has 1 aliphatic heterocycles. The van der Waals surface area contributed by atoms with Gasteiger partial charge in [-0.15, -0.1) is 0 Å². The number of benzene rings is 1. The van der Waals surface area contributed by atoms with Gasteiger partial charge in [0.05, 0.1) is 11.6 Å². The van der Waals surface area contributed by atoms with Crippen LogP contribution in [0.2, 0.25) is 0 Å². The first kappa shape index (κ1) is 12.6. The highest BCUT2D eigenvalue weighted by molar-refractivity contribution is 5.71. The van der Waals surface area contributed by atoms with E-state index in [0.717, 1.165) is 11.3 Å². The van der Waals surface area contributed by atoms with Gasteiger partial charge in [-0.05, 0) is 35.9 Å². The molecule has 1 aliphatic rings. The van der Waals surface area contributed by atoms with Crippen molar-refractivity contribution >= 4 is 11.9 Å². The van der Waals surface area contributed by atoms with Gasteiger partial charge in [-0.3, -0.25) is 4.79 Å². The monoisotopic (exact) mass is 273 g/mol. The van der Waals surface area contributed by atoms with Crippen LogP contribution in [-0.4, -0.2) is 44.4 Å². The number of anilines is 1. The summed E-state index contributed by atoms with van der Waals surface area (Å²) in [7, 11) is 0. The van der Waals surface area contributed by atoms with Crippen molar-refractivity contribution in [2.75, 3.05) is 18.0 Å². The van der Waals surface area contributed by atoms with E-state index < -0.39 is 5.97 Å². The second-order valence-electron chi connectivity index (χ2n) is 5.00. The number of carbonyl (C=O) groups is 1. The van der Waals surface area contributed by atoms with Crippen LogP contribution >= 0.6 is 0 Å². The number of nitrogens with zero attached hydrogens (tertiary/aromatic N) is 5. The SMILES string of the molecule is Cc1ccc(-n2nnnc2N2CCC(C(=O)O)C2)cc1. The number of aliphatic carboxylic acids is 1. The van der Waals surface area contributed by atoms with E-state index in [1.807, 2.05) is 36.1 Å². The highest BCUT2D eigenvalue weighted by atomic mass is 16.4. The average Bonchev–Trinajstić information content (AvgIpc) is 3.08. The number of tetrazole rings is 1. The van der Waals surface area contributed by atoms with E-state index in [-0.39, 0.29) is 5.92 Å². The van der Waals surface area contributed by atoms with Gasteiger partial charge in [0.15, 0.2) is 0 Å². The van der Waals surface area contributed by atoms with E-state index in [9.17, 15) is 4.79 Å². The third kappa shape index (κ3) is 2.22. The molecule has 2 aromatic rings. The van der Waals surface area contributed by atoms with Gasteiger partial charge in [0, 0.05) is 13.1 Å². The molecule has 1 saturated heterocycles. The lowest BCUT2D eigenvalue weighted by atomic mass is 10.1. The van der Waals surface area contributed by atoms with Gasteiger partial charge in [0.25, 0.3) is 0 Å². The molecule has 7 heteroatoms. The molecule has 0 radical (unpaired) electrons. The minimum absolute atomic E-state index is 0.349. The van der Waals surface area contributed by atoms with Gasteiger partial charge in [-0.1, -0.05) is 22.8 Å². The van der Waals surface area contributed by atoms with Gasteiger partial charge in [0.1, 0.15) is 0 Å². The molecule has 0 amide bonds. The Morgan fingerprint density at radius 2 is 2.10 bits per heavy atom. The maximum atomic E-state index is 11.0. The first-order valence-electron chi connectivity index (χ1n) is 6.48. The van der Waals surface area contributed by atoms with Gasteiger partial charge in [0.2, 0.25) is 5.95 Å². The van der Waals surface area contributed by atoms with Crippen LogP contribution in [0, 0.1) is 12.8 Å². The van der Waals surface area contributed by atoms with Gasteiger partial charge in [-0.2, -0.15) is 4.68 Å². The number of aromatic nitrogens is 4. The summed E-state index contributed by atoms with van der Waals surface area (Å²) >= 11 is 0. The Balaban J connectivity index is 1.87. The predicted molar refractivity (Wildman–Crippen MR) is 71.8 cm³/mol. The number of carboxylic acids is 1. The van der Waals surface area contributed by atoms with Crippen molar-refractivity contribution in [1.29, 1.82) is 0 Å². The van der Waals surface area contributed by atoms with Crippen LogP contribution in [0.4, 0.5) is 5.95 Å². The molecule has 0 bridgehead atoms. The molecule has 0 saturated carbocycles. The van der Waals surface area contributed by atoms with Crippen molar-refractivity contribution < 1.29 is 9.90 Å². The van der Waals surface area contributed by atoms with Crippen LogP contribution in [0.25, 0.3) is 5.69 Å². The molecule has 1 fully saturated rings. The molecule has 1 N–H and O–H groups in total. The Morgan fingerprint density at radius 3 is 2.75 bits per heavy atom. The summed E-state index contributed by atoms with van der Waals surface area (Å²) < 4.78 is 1.64. The average molecular weight is 273 g/mol. The molecule has 3 rings (SSSR count). The van der Waals surface area contributed by atoms with Crippen LogP contribution in [0.1, 0.15) is 12.0 Å². The maximum Gasteiger partial charge on any atom is 0.308 e. The van der Waals surface area contributed by atoms with Crippen molar-refractivity contribution in [2.24, 2.45) is 5.92 Å². The molecule has 1 unspecified atom stereocenters. The lowest BCUT2D eigenvalue weighted by Crippen LogP contribution is -2.25. The van der Waals surface area contributed by atoms with E-state index >= 15 is 0 Å². The Labute approximate surface area is 115 Å². The highest BCUT2D eigenvalue weighted by Gasteiger charge is 2.31. The van der Waals surface area contributed by atoms with E-state index in [2.05, 4.69) is 15.5 Å². The van der Waals surface area contributed by atoms with Gasteiger partial charge in [-0.25, -0.2) is 0 Å². The van der Waals surface area contributed by atoms with E-state index in [1.165, 1.54) is 0 Å². The number of rotatable bonds is 3. The van der Waals surface area contributed by atoms with E-state index in [0.29, 0.717) is 25.5 Å². The fourth-order valence-electron chi connectivity index (χ4n) is 2.38. The summed E-state index contributed by atoms with van der Waals surface area (Å²) in [4.78, 5) is 12.9. The highest BCUT2D eigenvalue weighted by Crippen LogP contribution is 2.23. The summed E-state index contributed by atoms with van der Waals surface area (Å²) in [5.41, 5.74) is 2.03. The summed E-state index contributed by atoms with van der Waals surface area (Å²) in [6.45, 7) is 3.12. The van der Waals surface area contributed by atoms with Crippen molar-refractivity contribution in [1.82, 2.24) is 20.2 Å². The summed E-state index contributed by atoms with van der Waals surface area (Å²) in [6.07, 6.45) is 0.621. The zero-order valence-electron chi connectivity index (χ0n) is 11.1. The van der Waals surface area contributed by atoms with Crippen molar-refractivity contribution in [3.05, 3.63) is 29.8 Å². The smallest absolute Gasteiger partial charge is 0.308 e. The summed E-state index contributed by atoms with van der Waals surface area (Å²) in [5, 5.41) is 20.8. The fraction of sp³-hybridized carbons (Fsp3) is 0.385. The number of hydrogen-bond acceptors (Lipinski definition) is 5. The lowest BCUT2D eigenvalue weighted by molar-refractivity contribution is -0.140. The van der Waals surface area contributed by atoms with E-state index in [4.69, 9.17) is 5.11 Å². The fourth-order valence-corrected chi connectivity index (χ4v) is 2.38. The molecule has 1 aromatic carbocycles. The molecule has 2 heterocycles. The maximum absolute atomic E-state index is 11.0. The molecule has 1 aromatic heterocycles. The van der Waals surface area contributed by atoms with Gasteiger partial charge < -0.3 is 10.0 Å². The Hall–Kier alpha value is -2.44. The first-order valence-corrected chi connectivity index (χ1v) is 6.48. The predicted octanol–water partition coefficient (Wildman–Crippen LogP) is 0.882. The topological polar surface area (TPSA) is 84.1 Å². The summed E-state index contributed by atoms with van der Waals surface area (Å²) in [5.74, 6) is -0.516. The van der Waals surface area contributed by atoms with Crippen LogP contribution in [0.5, 0.6) is 0 Å². The summed E-state index contributed by atoms with van der Waals surface area (Å²) in [6, 6.07) is 7.87. The molecule has 104 valence electrons. The quantitative estimate of drug-likeness (QED) is 0.893. The largest absolute Gasteiger partial charge is 0.481 e. The Bertz CT molecular complexity index is 622. The third-order valence-electron chi connectivity index (χ3n) is 3.55. The van der Waals surface area contributed by atoms with Crippen LogP contribution in [0.3, 0.4) is 0 Å². The Kier molecular flexibility index (Phi) is 3.09. The van der Waals surface area contributed by atoms with Gasteiger partial charge >= 0.3 is 5.97 Å². The zero-order valence-corrected chi connectivity index (χ0v) is 11.1. The molecular formula is C13H15N5O2. The number of hydrogen-bond donors (Lipinski definition) is 1. The minimum Gasteiger partial charge on any atom is -0.481 e. The third-order valence-corrected chi connectivity index (χ3v) is 3.55. The van der Waals surface area contributed by atoms with Crippen molar-refractivity contribution in [3.8, 4) is 5.69 Å². The van der Waals surface area contributed by atoms with Crippen LogP contribution < -0.4 is 4.90 Å². The molecule has 0 spiro atoms. The van der Waals surface area contributed by atoms with Crippen molar-refractivity contribution in [2.45, 2.75) is 13.3 Å². The molecule has 0 aliphatic carbocycles. The van der Waals surface area contributed by atoms with Crippen LogP contribution in [-0.2, 0) is 4.79 Å². The second kappa shape index (κ2) is 4.92. The van der Waals surface area contributed by atoms with Crippen LogP contribution in [0.15, 0.2) is 24.3 Å². The molecule has 7 nitrogen and oxygen atoms in total. The number of aryl methyl sites for hydroxylation is 1. The van der Waals surface area contributed by atoms with Crippen molar-refractivity contribution in [3.63, 3.8) is 0 Å². The number of carboxylic acid groups (broad SMARTS) is 1. The Morgan fingerprint density at radius 1 is 1.35 bits per heavy atom. The second-order valence-corrected chi connectivity index (χ2v) is 5.00. The molecular weight excluding hydrogens is 258 g/mol.